The molecule has 1 aromatic heterocycles. The second-order valence-corrected chi connectivity index (χ2v) is 7.42. The second-order valence-electron chi connectivity index (χ2n) is 7.42. The number of amides is 1. The van der Waals surface area contributed by atoms with Crippen molar-refractivity contribution < 1.29 is 19.0 Å². The summed E-state index contributed by atoms with van der Waals surface area (Å²) in [7, 11) is 1.61. The van der Waals surface area contributed by atoms with Gasteiger partial charge in [-0.3, -0.25) is 9.59 Å². The number of carbonyl (C=O) groups is 1. The quantitative estimate of drug-likeness (QED) is 0.551. The molecular weight excluding hydrogens is 408 g/mol. The molecule has 3 aromatic rings. The fourth-order valence-corrected chi connectivity index (χ4v) is 3.33. The van der Waals surface area contributed by atoms with E-state index in [0.29, 0.717) is 18.8 Å². The van der Waals surface area contributed by atoms with Gasteiger partial charge < -0.3 is 24.1 Å². The molecule has 0 bridgehead atoms. The van der Waals surface area contributed by atoms with Crippen LogP contribution in [0.2, 0.25) is 0 Å². The molecule has 1 heterocycles. The number of hydrogen-bond acceptors (Lipinski definition) is 5. The van der Waals surface area contributed by atoms with Crippen LogP contribution in [0.1, 0.15) is 16.8 Å². The van der Waals surface area contributed by atoms with Gasteiger partial charge in [0.2, 0.25) is 5.43 Å². The molecule has 7 heteroatoms. The van der Waals surface area contributed by atoms with Crippen molar-refractivity contribution in [3.8, 4) is 17.2 Å². The number of hydrogen-bond donors (Lipinski definition) is 1. The van der Waals surface area contributed by atoms with Gasteiger partial charge in [0.15, 0.2) is 12.4 Å². The monoisotopic (exact) mass is 436 g/mol. The minimum absolute atomic E-state index is 0.161. The molecular formula is C25H28N2O5. The van der Waals surface area contributed by atoms with Crippen molar-refractivity contribution in [2.24, 2.45) is 0 Å². The van der Waals surface area contributed by atoms with E-state index in [-0.39, 0.29) is 23.7 Å². The molecule has 2 aromatic carbocycles. The van der Waals surface area contributed by atoms with Crippen LogP contribution in [-0.2, 0) is 11.3 Å². The van der Waals surface area contributed by atoms with E-state index in [0.717, 1.165) is 28.3 Å². The molecule has 0 unspecified atom stereocenters. The summed E-state index contributed by atoms with van der Waals surface area (Å²) < 4.78 is 18.4. The van der Waals surface area contributed by atoms with Crippen LogP contribution in [-0.4, -0.2) is 30.8 Å². The molecule has 0 spiro atoms. The lowest BCUT2D eigenvalue weighted by Gasteiger charge is -2.16. The molecule has 0 saturated carbocycles. The molecule has 1 amide bonds. The largest absolute Gasteiger partial charge is 0.497 e. The van der Waals surface area contributed by atoms with Crippen molar-refractivity contribution in [2.45, 2.75) is 27.3 Å². The standard InChI is InChI=1S/C25H28N2O5/c1-17-6-5-7-18(2)24(17)26-23(29)16-32-25-19(3)27(13-12-22(25)28)14-15-31-21-10-8-20(30-4)9-11-21/h5-13H,14-16H2,1-4H3,(H,26,29). The highest BCUT2D eigenvalue weighted by Crippen LogP contribution is 2.20. The van der Waals surface area contributed by atoms with Crippen LogP contribution in [0.25, 0.3) is 0 Å². The minimum atomic E-state index is -0.320. The molecule has 0 radical (unpaired) electrons. The second kappa shape index (κ2) is 10.5. The third kappa shape index (κ3) is 5.69. The van der Waals surface area contributed by atoms with Gasteiger partial charge in [-0.05, 0) is 56.2 Å². The zero-order valence-electron chi connectivity index (χ0n) is 18.8. The highest BCUT2D eigenvalue weighted by atomic mass is 16.5. The number of para-hydroxylation sites is 1. The molecule has 7 nitrogen and oxygen atoms in total. The van der Waals surface area contributed by atoms with E-state index in [4.69, 9.17) is 14.2 Å². The molecule has 32 heavy (non-hydrogen) atoms. The van der Waals surface area contributed by atoms with Crippen molar-refractivity contribution in [1.29, 1.82) is 0 Å². The number of pyridine rings is 1. The summed E-state index contributed by atoms with van der Waals surface area (Å²) in [4.78, 5) is 24.7. The number of methoxy groups -OCH3 is 1. The third-order valence-corrected chi connectivity index (χ3v) is 5.14. The van der Waals surface area contributed by atoms with Gasteiger partial charge in [-0.2, -0.15) is 0 Å². The summed E-state index contributed by atoms with van der Waals surface area (Å²) in [5, 5.41) is 2.86. The maximum absolute atomic E-state index is 12.4. The maximum Gasteiger partial charge on any atom is 0.262 e. The molecule has 1 N–H and O–H groups in total. The van der Waals surface area contributed by atoms with E-state index in [1.807, 2.05) is 60.9 Å². The van der Waals surface area contributed by atoms with Crippen LogP contribution in [0.4, 0.5) is 5.69 Å². The van der Waals surface area contributed by atoms with Crippen molar-refractivity contribution in [2.75, 3.05) is 25.6 Å². The summed E-state index contributed by atoms with van der Waals surface area (Å²) in [6, 6.07) is 14.5. The number of aryl methyl sites for hydroxylation is 2. The van der Waals surface area contributed by atoms with Gasteiger partial charge in [-0.15, -0.1) is 0 Å². The van der Waals surface area contributed by atoms with Crippen LogP contribution < -0.4 is 25.0 Å². The Hall–Kier alpha value is -3.74. The van der Waals surface area contributed by atoms with Gasteiger partial charge in [0.05, 0.1) is 19.3 Å². The Morgan fingerprint density at radius 1 is 0.938 bits per heavy atom. The van der Waals surface area contributed by atoms with Gasteiger partial charge in [0.25, 0.3) is 5.91 Å². The number of carbonyl (C=O) groups excluding carboxylic acids is 1. The Morgan fingerprint density at radius 3 is 2.25 bits per heavy atom. The van der Waals surface area contributed by atoms with Gasteiger partial charge in [0.1, 0.15) is 18.1 Å². The van der Waals surface area contributed by atoms with Gasteiger partial charge >= 0.3 is 0 Å². The SMILES string of the molecule is COc1ccc(OCCn2ccc(=O)c(OCC(=O)Nc3c(C)cccc3C)c2C)cc1. The minimum Gasteiger partial charge on any atom is -0.497 e. The van der Waals surface area contributed by atoms with Crippen LogP contribution >= 0.6 is 0 Å². The van der Waals surface area contributed by atoms with E-state index in [1.165, 1.54) is 6.07 Å². The zero-order valence-corrected chi connectivity index (χ0v) is 18.8. The summed E-state index contributed by atoms with van der Waals surface area (Å²) in [5.41, 5.74) is 3.06. The van der Waals surface area contributed by atoms with Crippen molar-refractivity contribution in [3.63, 3.8) is 0 Å². The highest BCUT2D eigenvalue weighted by molar-refractivity contribution is 5.93. The van der Waals surface area contributed by atoms with E-state index >= 15 is 0 Å². The van der Waals surface area contributed by atoms with Crippen molar-refractivity contribution >= 4 is 11.6 Å². The lowest BCUT2D eigenvalue weighted by atomic mass is 10.1. The molecule has 168 valence electrons. The number of ether oxygens (including phenoxy) is 3. The van der Waals surface area contributed by atoms with Gasteiger partial charge in [-0.1, -0.05) is 18.2 Å². The topological polar surface area (TPSA) is 78.8 Å². The lowest BCUT2D eigenvalue weighted by Crippen LogP contribution is -2.24. The van der Waals surface area contributed by atoms with Crippen molar-refractivity contribution in [3.05, 3.63) is 81.8 Å². The first-order chi connectivity index (χ1) is 15.4. The Morgan fingerprint density at radius 2 is 1.59 bits per heavy atom. The van der Waals surface area contributed by atoms with E-state index in [1.54, 1.807) is 20.2 Å². The molecule has 0 fully saturated rings. The van der Waals surface area contributed by atoms with E-state index < -0.39 is 0 Å². The average molecular weight is 437 g/mol. The highest BCUT2D eigenvalue weighted by Gasteiger charge is 2.13. The molecule has 3 rings (SSSR count). The number of nitrogens with zero attached hydrogens (tertiary/aromatic N) is 1. The first-order valence-corrected chi connectivity index (χ1v) is 10.3. The van der Waals surface area contributed by atoms with Gasteiger partial charge in [0, 0.05) is 18.0 Å². The zero-order chi connectivity index (χ0) is 23.1. The number of anilines is 1. The van der Waals surface area contributed by atoms with Crippen LogP contribution in [0.5, 0.6) is 17.2 Å². The van der Waals surface area contributed by atoms with Crippen LogP contribution in [0.15, 0.2) is 59.5 Å². The number of rotatable bonds is 9. The van der Waals surface area contributed by atoms with Crippen LogP contribution in [0.3, 0.4) is 0 Å². The summed E-state index contributed by atoms with van der Waals surface area (Å²) in [5.74, 6) is 1.33. The van der Waals surface area contributed by atoms with Gasteiger partial charge in [-0.25, -0.2) is 0 Å². The third-order valence-electron chi connectivity index (χ3n) is 5.14. The van der Waals surface area contributed by atoms with Crippen LogP contribution in [0, 0.1) is 20.8 Å². The molecule has 0 saturated heterocycles. The predicted molar refractivity (Wildman–Crippen MR) is 124 cm³/mol. The first-order valence-electron chi connectivity index (χ1n) is 10.3. The summed E-state index contributed by atoms with van der Waals surface area (Å²) in [6.07, 6.45) is 1.69. The predicted octanol–water partition coefficient (Wildman–Crippen LogP) is 3.88. The fourth-order valence-electron chi connectivity index (χ4n) is 3.33. The molecule has 0 aliphatic rings. The first kappa shape index (κ1) is 22.9. The smallest absolute Gasteiger partial charge is 0.262 e. The Labute approximate surface area is 187 Å². The van der Waals surface area contributed by atoms with E-state index in [2.05, 4.69) is 5.32 Å². The maximum atomic E-state index is 12.4. The molecule has 0 aliphatic carbocycles. The number of aromatic nitrogens is 1. The Kier molecular flexibility index (Phi) is 7.54. The van der Waals surface area contributed by atoms with E-state index in [9.17, 15) is 9.59 Å². The number of benzene rings is 2. The number of nitrogens with one attached hydrogen (secondary N) is 1. The lowest BCUT2D eigenvalue weighted by molar-refractivity contribution is -0.118. The summed E-state index contributed by atoms with van der Waals surface area (Å²) in [6.45, 7) is 6.31. The Bertz CT molecular complexity index is 1120. The normalized spacial score (nSPS) is 10.5. The average Bonchev–Trinajstić information content (AvgIpc) is 2.78. The fraction of sp³-hybridized carbons (Fsp3) is 0.280. The van der Waals surface area contributed by atoms with Crippen molar-refractivity contribution in [1.82, 2.24) is 4.57 Å². The molecule has 0 atom stereocenters. The molecule has 0 aliphatic heterocycles. The Balaban J connectivity index is 1.60. The summed E-state index contributed by atoms with van der Waals surface area (Å²) >= 11 is 0.